The van der Waals surface area contributed by atoms with Gasteiger partial charge in [-0.1, -0.05) is 29.1 Å². The van der Waals surface area contributed by atoms with E-state index >= 15 is 0 Å². The summed E-state index contributed by atoms with van der Waals surface area (Å²) in [6, 6.07) is 6.25. The first-order valence-corrected chi connectivity index (χ1v) is 5.93. The van der Waals surface area contributed by atoms with E-state index in [4.69, 9.17) is 39.6 Å². The minimum Gasteiger partial charge on any atom is -0.329 e. The Kier molecular flexibility index (Phi) is 5.20. The molecule has 1 rings (SSSR count). The number of benzene rings is 1. The van der Waals surface area contributed by atoms with Crippen molar-refractivity contribution in [1.29, 1.82) is 5.26 Å². The second kappa shape index (κ2) is 6.45. The molecule has 1 unspecified atom stereocenters. The van der Waals surface area contributed by atoms with Crippen molar-refractivity contribution in [3.05, 3.63) is 33.8 Å². The Balaban J connectivity index is 2.62. The van der Waals surface area contributed by atoms with Crippen molar-refractivity contribution in [2.45, 2.75) is 12.5 Å². The fourth-order valence-corrected chi connectivity index (χ4v) is 1.67. The van der Waals surface area contributed by atoms with Gasteiger partial charge in [0.2, 0.25) is 5.60 Å². The molecule has 19 heavy (non-hydrogen) atoms. The Morgan fingerprint density at radius 2 is 2.05 bits per heavy atom. The highest BCUT2D eigenvalue weighted by Gasteiger charge is 2.21. The zero-order valence-corrected chi connectivity index (χ0v) is 11.5. The van der Waals surface area contributed by atoms with Gasteiger partial charge in [0.1, 0.15) is 12.8 Å². The topological polar surface area (TPSA) is 62.1 Å². The number of amides is 1. The lowest BCUT2D eigenvalue weighted by Crippen LogP contribution is -2.33. The van der Waals surface area contributed by atoms with Gasteiger partial charge in [0.25, 0.3) is 5.91 Å². The van der Waals surface area contributed by atoms with Crippen LogP contribution in [0.5, 0.6) is 0 Å². The van der Waals surface area contributed by atoms with Crippen LogP contribution in [0.15, 0.2) is 18.2 Å². The number of carbonyl (C=O) groups is 1. The first kappa shape index (κ1) is 15.3. The van der Waals surface area contributed by atoms with Crippen LogP contribution in [0.2, 0.25) is 10.0 Å². The Morgan fingerprint density at radius 3 is 2.53 bits per heavy atom. The summed E-state index contributed by atoms with van der Waals surface area (Å²) in [7, 11) is 0. The largest absolute Gasteiger partial charge is 0.329 e. The van der Waals surface area contributed by atoms with Crippen LogP contribution in [0.1, 0.15) is 17.3 Å². The summed E-state index contributed by atoms with van der Waals surface area (Å²) in [5, 5.41) is 11.9. The summed E-state index contributed by atoms with van der Waals surface area (Å²) in [4.78, 5) is 11.8. The molecular weight excluding hydrogens is 287 g/mol. The fraction of sp³-hybridized carbons (Fsp3) is 0.231. The Bertz CT molecular complexity index is 539. The molecule has 0 aliphatic rings. The molecule has 0 saturated heterocycles. The van der Waals surface area contributed by atoms with Gasteiger partial charge in [-0.2, -0.15) is 5.26 Å². The van der Waals surface area contributed by atoms with Gasteiger partial charge in [0.05, 0.1) is 0 Å². The van der Waals surface area contributed by atoms with Gasteiger partial charge in [-0.15, -0.1) is 6.42 Å². The third kappa shape index (κ3) is 4.46. The van der Waals surface area contributed by atoms with Gasteiger partial charge in [-0.05, 0) is 25.1 Å². The van der Waals surface area contributed by atoms with Gasteiger partial charge >= 0.3 is 0 Å². The highest BCUT2D eigenvalue weighted by molar-refractivity contribution is 6.35. The highest BCUT2D eigenvalue weighted by atomic mass is 35.5. The van der Waals surface area contributed by atoms with Gasteiger partial charge in [-0.3, -0.25) is 4.79 Å². The van der Waals surface area contributed by atoms with Gasteiger partial charge in [0, 0.05) is 15.6 Å². The van der Waals surface area contributed by atoms with Crippen molar-refractivity contribution >= 4 is 29.1 Å². The lowest BCUT2D eigenvalue weighted by molar-refractivity contribution is 0.0380. The van der Waals surface area contributed by atoms with Crippen molar-refractivity contribution < 1.29 is 9.53 Å². The van der Waals surface area contributed by atoms with Crippen LogP contribution in [-0.2, 0) is 4.74 Å². The predicted octanol–water partition coefficient (Wildman–Crippen LogP) is 2.61. The molecule has 98 valence electrons. The monoisotopic (exact) mass is 296 g/mol. The second-order valence-electron chi connectivity index (χ2n) is 3.74. The number of carbonyl (C=O) groups excluding carboxylic acids is 1. The van der Waals surface area contributed by atoms with Gasteiger partial charge in [0.15, 0.2) is 0 Å². The third-order valence-electron chi connectivity index (χ3n) is 2.21. The molecule has 0 aromatic heterocycles. The SMILES string of the molecule is C#CC(C)(C#N)OCNC(=O)c1cc(Cl)cc(Cl)c1. The number of rotatable bonds is 4. The number of nitrogens with zero attached hydrogens (tertiary/aromatic N) is 1. The average Bonchev–Trinajstić information content (AvgIpc) is 2.37. The summed E-state index contributed by atoms with van der Waals surface area (Å²) >= 11 is 11.6. The molecule has 0 aliphatic heterocycles. The fourth-order valence-electron chi connectivity index (χ4n) is 1.14. The molecule has 0 fully saturated rings. The zero-order chi connectivity index (χ0) is 14.5. The maximum atomic E-state index is 11.8. The van der Waals surface area contributed by atoms with Crippen molar-refractivity contribution in [1.82, 2.24) is 5.32 Å². The number of nitriles is 1. The van der Waals surface area contributed by atoms with E-state index in [0.717, 1.165) is 0 Å². The van der Waals surface area contributed by atoms with E-state index in [1.807, 2.05) is 6.07 Å². The quantitative estimate of drug-likeness (QED) is 0.686. The van der Waals surface area contributed by atoms with Crippen LogP contribution in [0.3, 0.4) is 0 Å². The summed E-state index contributed by atoms with van der Waals surface area (Å²) in [6.45, 7) is 1.23. The van der Waals surface area contributed by atoms with E-state index in [0.29, 0.717) is 15.6 Å². The molecule has 0 spiro atoms. The number of halogens is 2. The summed E-state index contributed by atoms with van der Waals surface area (Å²) in [5.41, 5.74) is -1.08. The number of hydrogen-bond acceptors (Lipinski definition) is 3. The number of nitrogens with one attached hydrogen (secondary N) is 1. The standard InChI is InChI=1S/C13H10Cl2N2O2/c1-3-13(2,7-16)19-8-17-12(18)9-4-10(14)6-11(15)5-9/h1,4-6H,8H2,2H3,(H,17,18). The summed E-state index contributed by atoms with van der Waals surface area (Å²) in [5.74, 6) is 1.75. The van der Waals surface area contributed by atoms with Crippen LogP contribution in [0, 0.1) is 23.7 Å². The summed E-state index contributed by atoms with van der Waals surface area (Å²) < 4.78 is 5.09. The molecule has 1 aromatic rings. The second-order valence-corrected chi connectivity index (χ2v) is 4.61. The number of ether oxygens (including phenoxy) is 1. The number of terminal acetylenes is 1. The predicted molar refractivity (Wildman–Crippen MR) is 72.7 cm³/mol. The van der Waals surface area contributed by atoms with E-state index in [1.165, 1.54) is 25.1 Å². The molecule has 0 radical (unpaired) electrons. The van der Waals surface area contributed by atoms with Gasteiger partial charge in [-0.25, -0.2) is 0 Å². The zero-order valence-electron chi connectivity index (χ0n) is 10.0. The Labute approximate surface area is 121 Å². The van der Waals surface area contributed by atoms with E-state index < -0.39 is 11.5 Å². The summed E-state index contributed by atoms with van der Waals surface area (Å²) in [6.07, 6.45) is 5.14. The lowest BCUT2D eigenvalue weighted by atomic mass is 10.1. The average molecular weight is 297 g/mol. The molecule has 0 bridgehead atoms. The third-order valence-corrected chi connectivity index (χ3v) is 2.64. The lowest BCUT2D eigenvalue weighted by Gasteiger charge is -2.15. The normalized spacial score (nSPS) is 12.9. The van der Waals surface area contributed by atoms with Gasteiger partial charge < -0.3 is 10.1 Å². The Morgan fingerprint density at radius 1 is 1.47 bits per heavy atom. The van der Waals surface area contributed by atoms with Crippen LogP contribution in [0.25, 0.3) is 0 Å². The molecule has 1 atom stereocenters. The van der Waals surface area contributed by atoms with Crippen LogP contribution >= 0.6 is 23.2 Å². The van der Waals surface area contributed by atoms with E-state index in [2.05, 4.69) is 11.2 Å². The number of hydrogen-bond donors (Lipinski definition) is 1. The maximum absolute atomic E-state index is 11.8. The minimum atomic E-state index is -1.38. The molecule has 0 saturated carbocycles. The highest BCUT2D eigenvalue weighted by Crippen LogP contribution is 2.18. The van der Waals surface area contributed by atoms with Crippen LogP contribution < -0.4 is 5.32 Å². The smallest absolute Gasteiger partial charge is 0.253 e. The maximum Gasteiger partial charge on any atom is 0.253 e. The van der Waals surface area contributed by atoms with Crippen LogP contribution in [-0.4, -0.2) is 18.2 Å². The van der Waals surface area contributed by atoms with E-state index in [9.17, 15) is 4.79 Å². The molecule has 0 heterocycles. The molecular formula is C13H10Cl2N2O2. The van der Waals surface area contributed by atoms with Crippen molar-refractivity contribution in [3.63, 3.8) is 0 Å². The molecule has 0 aliphatic carbocycles. The minimum absolute atomic E-state index is 0.197. The molecule has 6 heteroatoms. The van der Waals surface area contributed by atoms with E-state index in [-0.39, 0.29) is 6.73 Å². The van der Waals surface area contributed by atoms with E-state index in [1.54, 1.807) is 0 Å². The van der Waals surface area contributed by atoms with Crippen molar-refractivity contribution in [2.24, 2.45) is 0 Å². The first-order valence-electron chi connectivity index (χ1n) is 5.17. The Hall–Kier alpha value is -1.72. The molecule has 1 amide bonds. The molecule has 4 nitrogen and oxygen atoms in total. The van der Waals surface area contributed by atoms with Crippen molar-refractivity contribution in [2.75, 3.05) is 6.73 Å². The molecule has 1 aromatic carbocycles. The first-order chi connectivity index (χ1) is 8.90. The van der Waals surface area contributed by atoms with Crippen molar-refractivity contribution in [3.8, 4) is 18.4 Å². The van der Waals surface area contributed by atoms with Crippen LogP contribution in [0.4, 0.5) is 0 Å². The molecule has 1 N–H and O–H groups in total.